The van der Waals surface area contributed by atoms with Gasteiger partial charge in [-0.25, -0.2) is 4.79 Å². The van der Waals surface area contributed by atoms with Crippen LogP contribution in [0.1, 0.15) is 25.8 Å². The van der Waals surface area contributed by atoms with Crippen molar-refractivity contribution in [3.63, 3.8) is 0 Å². The normalized spacial score (nSPS) is 14.6. The zero-order valence-corrected chi connectivity index (χ0v) is 18.1. The first-order chi connectivity index (χ1) is 14.1. The van der Waals surface area contributed by atoms with Crippen molar-refractivity contribution >= 4 is 12.1 Å². The summed E-state index contributed by atoms with van der Waals surface area (Å²) in [6.45, 7) is 8.63. The number of rotatable bonds is 8. The van der Waals surface area contributed by atoms with Crippen LogP contribution >= 0.6 is 0 Å². The fraction of sp³-hybridized carbons (Fsp3) is 0.619. The molecular weight excluding hydrogens is 372 g/mol. The van der Waals surface area contributed by atoms with Gasteiger partial charge in [0.2, 0.25) is 0 Å². The maximum Gasteiger partial charge on any atom is 0.409 e. The van der Waals surface area contributed by atoms with E-state index in [0.717, 1.165) is 56.5 Å². The second-order valence-electron chi connectivity index (χ2n) is 6.70. The molecule has 0 unspecified atom stereocenters. The molecule has 0 radical (unpaired) electrons. The average molecular weight is 407 g/mol. The quantitative estimate of drug-likeness (QED) is 0.406. The highest BCUT2D eigenvalue weighted by molar-refractivity contribution is 5.80. The number of aryl methyl sites for hydroxylation is 1. The number of piperazine rings is 1. The standard InChI is InChI=1S/C21H34N4O4/c1-5-22-20(24-12-14-25(15-13-24)21(26)29-6-2)23-11-7-8-17-9-10-18(27-3)19(16-17)28-4/h9-10,16H,5-8,11-15H2,1-4H3,(H,22,23). The van der Waals surface area contributed by atoms with E-state index in [4.69, 9.17) is 19.2 Å². The number of carbonyl (C=O) groups excluding carboxylic acids is 1. The Balaban J connectivity index is 1.86. The maximum absolute atomic E-state index is 11.9. The minimum atomic E-state index is -0.232. The fourth-order valence-electron chi connectivity index (χ4n) is 3.25. The molecule has 1 saturated heterocycles. The maximum atomic E-state index is 11.9. The third kappa shape index (κ3) is 6.73. The van der Waals surface area contributed by atoms with Crippen LogP contribution in [0.15, 0.2) is 23.2 Å². The molecule has 8 nitrogen and oxygen atoms in total. The number of guanidine groups is 1. The molecule has 29 heavy (non-hydrogen) atoms. The molecule has 1 amide bonds. The van der Waals surface area contributed by atoms with Gasteiger partial charge in [0.1, 0.15) is 0 Å². The lowest BCUT2D eigenvalue weighted by atomic mass is 10.1. The molecule has 1 aromatic rings. The predicted molar refractivity (Wildman–Crippen MR) is 114 cm³/mol. The van der Waals surface area contributed by atoms with E-state index >= 15 is 0 Å². The molecule has 0 saturated carbocycles. The Kier molecular flexibility index (Phi) is 9.40. The highest BCUT2D eigenvalue weighted by Gasteiger charge is 2.23. The summed E-state index contributed by atoms with van der Waals surface area (Å²) < 4.78 is 15.7. The Morgan fingerprint density at radius 1 is 1.07 bits per heavy atom. The van der Waals surface area contributed by atoms with Crippen molar-refractivity contribution in [1.29, 1.82) is 0 Å². The minimum absolute atomic E-state index is 0.232. The first-order valence-electron chi connectivity index (χ1n) is 10.3. The lowest BCUT2D eigenvalue weighted by molar-refractivity contribution is 0.0914. The van der Waals surface area contributed by atoms with Crippen LogP contribution in [0.2, 0.25) is 0 Å². The van der Waals surface area contributed by atoms with Crippen LogP contribution < -0.4 is 14.8 Å². The van der Waals surface area contributed by atoms with Crippen LogP contribution in [-0.4, -0.2) is 81.9 Å². The molecule has 1 aliphatic heterocycles. The van der Waals surface area contributed by atoms with Crippen LogP contribution in [0.25, 0.3) is 0 Å². The van der Waals surface area contributed by atoms with E-state index in [9.17, 15) is 4.79 Å². The van der Waals surface area contributed by atoms with Crippen LogP contribution in [0, 0.1) is 0 Å². The van der Waals surface area contributed by atoms with Gasteiger partial charge in [-0.3, -0.25) is 4.99 Å². The summed E-state index contributed by atoms with van der Waals surface area (Å²) in [5, 5.41) is 3.36. The number of amides is 1. The largest absolute Gasteiger partial charge is 0.493 e. The van der Waals surface area contributed by atoms with Crippen molar-refractivity contribution in [3.8, 4) is 11.5 Å². The summed E-state index contributed by atoms with van der Waals surface area (Å²) in [5.41, 5.74) is 1.20. The third-order valence-corrected chi connectivity index (χ3v) is 4.77. The predicted octanol–water partition coefficient (Wildman–Crippen LogP) is 2.38. The van der Waals surface area contributed by atoms with Gasteiger partial charge < -0.3 is 29.3 Å². The molecule has 1 N–H and O–H groups in total. The number of hydrogen-bond donors (Lipinski definition) is 1. The van der Waals surface area contributed by atoms with Crippen LogP contribution in [0.5, 0.6) is 11.5 Å². The Bertz CT molecular complexity index is 673. The van der Waals surface area contributed by atoms with Gasteiger partial charge in [-0.15, -0.1) is 0 Å². The average Bonchev–Trinajstić information content (AvgIpc) is 2.76. The van der Waals surface area contributed by atoms with Crippen molar-refractivity contribution < 1.29 is 19.0 Å². The highest BCUT2D eigenvalue weighted by Crippen LogP contribution is 2.27. The molecule has 0 bridgehead atoms. The zero-order chi connectivity index (χ0) is 21.1. The molecule has 1 aromatic carbocycles. The molecule has 1 aliphatic rings. The number of nitrogens with one attached hydrogen (secondary N) is 1. The summed E-state index contributed by atoms with van der Waals surface area (Å²) in [6, 6.07) is 6.01. The zero-order valence-electron chi connectivity index (χ0n) is 18.1. The van der Waals surface area contributed by atoms with Gasteiger partial charge >= 0.3 is 6.09 Å². The minimum Gasteiger partial charge on any atom is -0.493 e. The molecule has 8 heteroatoms. The number of carbonyl (C=O) groups is 1. The molecule has 1 heterocycles. The number of methoxy groups -OCH3 is 2. The molecule has 2 rings (SSSR count). The lowest BCUT2D eigenvalue weighted by Crippen LogP contribution is -2.53. The van der Waals surface area contributed by atoms with E-state index < -0.39 is 0 Å². The van der Waals surface area contributed by atoms with Crippen LogP contribution in [0.4, 0.5) is 4.79 Å². The van der Waals surface area contributed by atoms with Gasteiger partial charge in [-0.1, -0.05) is 6.07 Å². The van der Waals surface area contributed by atoms with Gasteiger partial charge in [0.25, 0.3) is 0 Å². The van der Waals surface area contributed by atoms with E-state index in [1.54, 1.807) is 19.1 Å². The number of aliphatic imine (C=N–C) groups is 1. The molecule has 0 aromatic heterocycles. The summed E-state index contributed by atoms with van der Waals surface area (Å²) in [5.74, 6) is 2.40. The first kappa shape index (κ1) is 22.6. The smallest absolute Gasteiger partial charge is 0.409 e. The Hall–Kier alpha value is -2.64. The molecule has 162 valence electrons. The summed E-state index contributed by atoms with van der Waals surface area (Å²) >= 11 is 0. The van der Waals surface area contributed by atoms with Crippen molar-refractivity contribution in [1.82, 2.24) is 15.1 Å². The van der Waals surface area contributed by atoms with Crippen LogP contribution in [-0.2, 0) is 11.2 Å². The molecule has 1 fully saturated rings. The monoisotopic (exact) mass is 406 g/mol. The number of hydrogen-bond acceptors (Lipinski definition) is 5. The Labute approximate surface area is 173 Å². The number of benzene rings is 1. The number of ether oxygens (including phenoxy) is 3. The van der Waals surface area contributed by atoms with Gasteiger partial charge in [-0.05, 0) is 44.4 Å². The second-order valence-corrected chi connectivity index (χ2v) is 6.70. The summed E-state index contributed by atoms with van der Waals surface area (Å²) in [7, 11) is 3.29. The van der Waals surface area contributed by atoms with Gasteiger partial charge in [0, 0.05) is 39.3 Å². The lowest BCUT2D eigenvalue weighted by Gasteiger charge is -2.35. The van der Waals surface area contributed by atoms with Crippen molar-refractivity contribution in [3.05, 3.63) is 23.8 Å². The highest BCUT2D eigenvalue weighted by atomic mass is 16.6. The number of nitrogens with zero attached hydrogens (tertiary/aromatic N) is 3. The molecule has 0 aliphatic carbocycles. The summed E-state index contributed by atoms with van der Waals surface area (Å²) in [6.07, 6.45) is 1.62. The van der Waals surface area contributed by atoms with E-state index in [-0.39, 0.29) is 6.09 Å². The molecule has 0 atom stereocenters. The topological polar surface area (TPSA) is 75.6 Å². The van der Waals surface area contributed by atoms with Crippen molar-refractivity contribution in [2.24, 2.45) is 4.99 Å². The first-order valence-corrected chi connectivity index (χ1v) is 10.3. The molecular formula is C21H34N4O4. The Morgan fingerprint density at radius 2 is 1.76 bits per heavy atom. The molecule has 0 spiro atoms. The van der Waals surface area contributed by atoms with E-state index in [1.807, 2.05) is 19.1 Å². The van der Waals surface area contributed by atoms with Crippen molar-refractivity contribution in [2.75, 3.05) is 60.1 Å². The van der Waals surface area contributed by atoms with Crippen LogP contribution in [0.3, 0.4) is 0 Å². The third-order valence-electron chi connectivity index (χ3n) is 4.77. The summed E-state index contributed by atoms with van der Waals surface area (Å²) in [4.78, 5) is 20.6. The van der Waals surface area contributed by atoms with E-state index in [2.05, 4.69) is 23.2 Å². The Morgan fingerprint density at radius 3 is 2.38 bits per heavy atom. The van der Waals surface area contributed by atoms with Gasteiger partial charge in [0.05, 0.1) is 20.8 Å². The van der Waals surface area contributed by atoms with Gasteiger partial charge in [0.15, 0.2) is 17.5 Å². The fourth-order valence-corrected chi connectivity index (χ4v) is 3.25. The van der Waals surface area contributed by atoms with E-state index in [1.165, 1.54) is 5.56 Å². The second kappa shape index (κ2) is 12.0. The van der Waals surface area contributed by atoms with E-state index in [0.29, 0.717) is 19.7 Å². The van der Waals surface area contributed by atoms with Crippen molar-refractivity contribution in [2.45, 2.75) is 26.7 Å². The SMILES string of the molecule is CCNC(=NCCCc1ccc(OC)c(OC)c1)N1CCN(C(=O)OCC)CC1. The van der Waals surface area contributed by atoms with Gasteiger partial charge in [-0.2, -0.15) is 0 Å².